The van der Waals surface area contributed by atoms with Gasteiger partial charge in [0, 0.05) is 18.6 Å². The molecule has 1 atom stereocenters. The van der Waals surface area contributed by atoms with Crippen molar-refractivity contribution in [2.45, 2.75) is 58.0 Å². The lowest BCUT2D eigenvalue weighted by molar-refractivity contribution is -0.144. The largest absolute Gasteiger partial charge is 0.462 e. The second kappa shape index (κ2) is 9.45. The van der Waals surface area contributed by atoms with Gasteiger partial charge in [0.05, 0.1) is 6.61 Å². The fraction of sp³-hybridized carbons (Fsp3) is 0.688. The fourth-order valence-corrected chi connectivity index (χ4v) is 2.10. The average Bonchev–Trinajstić information content (AvgIpc) is 2.74. The van der Waals surface area contributed by atoms with E-state index in [0.29, 0.717) is 31.4 Å². The summed E-state index contributed by atoms with van der Waals surface area (Å²) < 4.78 is 10.3. The van der Waals surface area contributed by atoms with Gasteiger partial charge in [-0.3, -0.25) is 9.59 Å². The first-order chi connectivity index (χ1) is 10.0. The SMILES string of the molecule is C=C(C)C(=O)OCCCCC(=O)C(=O)C1CCCCCO1. The molecule has 1 unspecified atom stereocenters. The van der Waals surface area contributed by atoms with Crippen molar-refractivity contribution >= 4 is 17.5 Å². The summed E-state index contributed by atoms with van der Waals surface area (Å²) >= 11 is 0. The van der Waals surface area contributed by atoms with Gasteiger partial charge < -0.3 is 9.47 Å². The molecule has 1 rings (SSSR count). The standard InChI is InChI=1S/C16H24O5/c1-12(2)16(19)21-11-7-5-8-13(17)15(18)14-9-4-3-6-10-20-14/h14H,1,3-11H2,2H3. The van der Waals surface area contributed by atoms with Gasteiger partial charge >= 0.3 is 5.97 Å². The molecule has 1 aliphatic rings. The number of ether oxygens (including phenoxy) is 2. The molecule has 0 N–H and O–H groups in total. The first kappa shape index (κ1) is 17.6. The van der Waals surface area contributed by atoms with Crippen molar-refractivity contribution in [3.05, 3.63) is 12.2 Å². The molecule has 0 amide bonds. The highest BCUT2D eigenvalue weighted by atomic mass is 16.5. The van der Waals surface area contributed by atoms with Gasteiger partial charge in [-0.15, -0.1) is 0 Å². The summed E-state index contributed by atoms with van der Waals surface area (Å²) in [5.74, 6) is -1.21. The Morgan fingerprint density at radius 2 is 1.95 bits per heavy atom. The van der Waals surface area contributed by atoms with Gasteiger partial charge in [0.25, 0.3) is 0 Å². The van der Waals surface area contributed by atoms with E-state index in [-0.39, 0.29) is 18.8 Å². The minimum Gasteiger partial charge on any atom is -0.462 e. The van der Waals surface area contributed by atoms with Crippen molar-refractivity contribution in [2.24, 2.45) is 0 Å². The third kappa shape index (κ3) is 6.67. The summed E-state index contributed by atoms with van der Waals surface area (Å²) in [5, 5.41) is 0. The number of Topliss-reactive ketones (excluding diaryl/α,β-unsaturated/α-hetero) is 2. The van der Waals surface area contributed by atoms with Crippen molar-refractivity contribution in [1.29, 1.82) is 0 Å². The zero-order chi connectivity index (χ0) is 15.7. The van der Waals surface area contributed by atoms with Gasteiger partial charge in [-0.05, 0) is 32.6 Å². The highest BCUT2D eigenvalue weighted by Crippen LogP contribution is 2.15. The molecule has 1 heterocycles. The Morgan fingerprint density at radius 3 is 2.67 bits per heavy atom. The molecule has 21 heavy (non-hydrogen) atoms. The Kier molecular flexibility index (Phi) is 7.90. The Balaban J connectivity index is 2.19. The molecular weight excluding hydrogens is 272 g/mol. The molecule has 118 valence electrons. The summed E-state index contributed by atoms with van der Waals surface area (Å²) in [6.07, 6.45) is 4.29. The summed E-state index contributed by atoms with van der Waals surface area (Å²) in [6.45, 7) is 5.86. The Bertz CT molecular complexity index is 391. The van der Waals surface area contributed by atoms with E-state index >= 15 is 0 Å². The lowest BCUT2D eigenvalue weighted by Crippen LogP contribution is -2.30. The van der Waals surface area contributed by atoms with Crippen molar-refractivity contribution in [3.8, 4) is 0 Å². The summed E-state index contributed by atoms with van der Waals surface area (Å²) in [6, 6.07) is 0. The second-order valence-corrected chi connectivity index (χ2v) is 5.37. The number of hydrogen-bond donors (Lipinski definition) is 0. The van der Waals surface area contributed by atoms with Crippen LogP contribution in [0.1, 0.15) is 51.9 Å². The van der Waals surface area contributed by atoms with Gasteiger partial charge in [-0.2, -0.15) is 0 Å². The van der Waals surface area contributed by atoms with E-state index in [1.165, 1.54) is 0 Å². The van der Waals surface area contributed by atoms with Crippen molar-refractivity contribution < 1.29 is 23.9 Å². The molecule has 1 saturated heterocycles. The van der Waals surface area contributed by atoms with E-state index in [9.17, 15) is 14.4 Å². The Labute approximate surface area is 125 Å². The van der Waals surface area contributed by atoms with E-state index in [1.807, 2.05) is 0 Å². The minimum absolute atomic E-state index is 0.184. The van der Waals surface area contributed by atoms with Crippen molar-refractivity contribution in [2.75, 3.05) is 13.2 Å². The third-order valence-electron chi connectivity index (χ3n) is 3.38. The maximum absolute atomic E-state index is 11.9. The van der Waals surface area contributed by atoms with E-state index in [1.54, 1.807) is 6.92 Å². The molecule has 0 aliphatic carbocycles. The first-order valence-corrected chi connectivity index (χ1v) is 7.53. The van der Waals surface area contributed by atoms with Crippen molar-refractivity contribution in [1.82, 2.24) is 0 Å². The van der Waals surface area contributed by atoms with Crippen molar-refractivity contribution in [3.63, 3.8) is 0 Å². The number of hydrogen-bond acceptors (Lipinski definition) is 5. The van der Waals surface area contributed by atoms with E-state index < -0.39 is 17.9 Å². The molecule has 0 aromatic rings. The topological polar surface area (TPSA) is 69.7 Å². The summed E-state index contributed by atoms with van der Waals surface area (Å²) in [4.78, 5) is 34.9. The van der Waals surface area contributed by atoms with Crippen LogP contribution in [0.15, 0.2) is 12.2 Å². The number of carbonyl (C=O) groups excluding carboxylic acids is 3. The number of unbranched alkanes of at least 4 members (excludes halogenated alkanes) is 1. The molecule has 0 bridgehead atoms. The predicted octanol–water partition coefficient (Wildman–Crippen LogP) is 2.37. The zero-order valence-corrected chi connectivity index (χ0v) is 12.7. The van der Waals surface area contributed by atoms with E-state index in [4.69, 9.17) is 9.47 Å². The monoisotopic (exact) mass is 296 g/mol. The van der Waals surface area contributed by atoms with Crippen LogP contribution in [0.5, 0.6) is 0 Å². The highest BCUT2D eigenvalue weighted by molar-refractivity contribution is 6.38. The van der Waals surface area contributed by atoms with Gasteiger partial charge in [-0.1, -0.05) is 19.4 Å². The summed E-state index contributed by atoms with van der Waals surface area (Å²) in [7, 11) is 0. The molecule has 5 nitrogen and oxygen atoms in total. The van der Waals surface area contributed by atoms with Crippen LogP contribution in [0.3, 0.4) is 0 Å². The van der Waals surface area contributed by atoms with Crippen LogP contribution in [0.25, 0.3) is 0 Å². The van der Waals surface area contributed by atoms with Gasteiger partial charge in [0.1, 0.15) is 6.10 Å². The minimum atomic E-state index is -0.554. The van der Waals surface area contributed by atoms with E-state index in [2.05, 4.69) is 6.58 Å². The molecule has 0 radical (unpaired) electrons. The summed E-state index contributed by atoms with van der Waals surface area (Å²) in [5.41, 5.74) is 0.353. The second-order valence-electron chi connectivity index (χ2n) is 5.37. The van der Waals surface area contributed by atoms with Crippen LogP contribution >= 0.6 is 0 Å². The Morgan fingerprint density at radius 1 is 1.19 bits per heavy atom. The number of esters is 1. The normalized spacial score (nSPS) is 18.6. The third-order valence-corrected chi connectivity index (χ3v) is 3.38. The van der Waals surface area contributed by atoms with Gasteiger partial charge in [0.2, 0.25) is 11.6 Å². The van der Waals surface area contributed by atoms with Crippen LogP contribution in [0.4, 0.5) is 0 Å². The molecule has 0 aromatic heterocycles. The molecular formula is C16H24O5. The maximum Gasteiger partial charge on any atom is 0.333 e. The smallest absolute Gasteiger partial charge is 0.333 e. The van der Waals surface area contributed by atoms with Crippen LogP contribution in [0, 0.1) is 0 Å². The number of rotatable bonds is 8. The van der Waals surface area contributed by atoms with Crippen LogP contribution in [0.2, 0.25) is 0 Å². The van der Waals surface area contributed by atoms with Crippen LogP contribution in [-0.2, 0) is 23.9 Å². The Hall–Kier alpha value is -1.49. The molecule has 1 aliphatic heterocycles. The highest BCUT2D eigenvalue weighted by Gasteiger charge is 2.26. The number of ketones is 2. The number of carbonyl (C=O) groups is 3. The van der Waals surface area contributed by atoms with E-state index in [0.717, 1.165) is 19.3 Å². The quantitative estimate of drug-likeness (QED) is 0.298. The molecule has 0 spiro atoms. The van der Waals surface area contributed by atoms with Gasteiger partial charge in [0.15, 0.2) is 0 Å². The molecule has 5 heteroatoms. The molecule has 0 aromatic carbocycles. The first-order valence-electron chi connectivity index (χ1n) is 7.53. The molecule has 0 saturated carbocycles. The lowest BCUT2D eigenvalue weighted by Gasteiger charge is -2.12. The molecule has 1 fully saturated rings. The zero-order valence-electron chi connectivity index (χ0n) is 12.7. The van der Waals surface area contributed by atoms with Gasteiger partial charge in [-0.25, -0.2) is 4.79 Å². The predicted molar refractivity (Wildman–Crippen MR) is 77.8 cm³/mol. The maximum atomic E-state index is 11.9. The van der Waals surface area contributed by atoms with Crippen LogP contribution < -0.4 is 0 Å². The average molecular weight is 296 g/mol. The lowest BCUT2D eigenvalue weighted by atomic mass is 10.0. The fourth-order valence-electron chi connectivity index (χ4n) is 2.10. The van der Waals surface area contributed by atoms with Crippen LogP contribution in [-0.4, -0.2) is 36.9 Å².